The van der Waals surface area contributed by atoms with Crippen LogP contribution in [0.2, 0.25) is 0 Å². The standard InChI is InChI=1S/C10H8N2O2/c11-6-9(10(13)14)3-1-2-8-4-5-12-7-8/h1-5,7,12H,(H,13,14). The van der Waals surface area contributed by atoms with Gasteiger partial charge in [0.05, 0.1) is 0 Å². The van der Waals surface area contributed by atoms with E-state index in [4.69, 9.17) is 10.4 Å². The summed E-state index contributed by atoms with van der Waals surface area (Å²) >= 11 is 0. The quantitative estimate of drug-likeness (QED) is 0.429. The highest BCUT2D eigenvalue weighted by molar-refractivity contribution is 5.91. The van der Waals surface area contributed by atoms with Crippen molar-refractivity contribution in [2.75, 3.05) is 0 Å². The van der Waals surface area contributed by atoms with Gasteiger partial charge in [0, 0.05) is 12.4 Å². The lowest BCUT2D eigenvalue weighted by Crippen LogP contribution is -1.96. The van der Waals surface area contributed by atoms with E-state index in [2.05, 4.69) is 4.98 Å². The first-order valence-corrected chi connectivity index (χ1v) is 3.88. The van der Waals surface area contributed by atoms with E-state index in [1.54, 1.807) is 24.5 Å². The van der Waals surface area contributed by atoms with Crippen LogP contribution in [-0.4, -0.2) is 16.1 Å². The number of carboxylic acids is 1. The number of allylic oxidation sites excluding steroid dienone is 2. The van der Waals surface area contributed by atoms with Crippen molar-refractivity contribution in [2.45, 2.75) is 0 Å². The zero-order valence-electron chi connectivity index (χ0n) is 7.27. The monoisotopic (exact) mass is 188 g/mol. The number of H-pyrrole nitrogens is 1. The molecule has 0 radical (unpaired) electrons. The second-order valence-electron chi connectivity index (χ2n) is 2.50. The van der Waals surface area contributed by atoms with E-state index in [1.165, 1.54) is 12.2 Å². The van der Waals surface area contributed by atoms with Crippen LogP contribution >= 0.6 is 0 Å². The number of nitrogens with zero attached hydrogens (tertiary/aromatic N) is 1. The molecule has 0 spiro atoms. The molecule has 0 aliphatic rings. The van der Waals surface area contributed by atoms with Crippen LogP contribution in [0.15, 0.2) is 36.2 Å². The molecule has 2 N–H and O–H groups in total. The Bertz CT molecular complexity index is 408. The Hall–Kier alpha value is -2.28. The Morgan fingerprint density at radius 2 is 2.43 bits per heavy atom. The fraction of sp³-hybridized carbons (Fsp3) is 0. The first-order valence-electron chi connectivity index (χ1n) is 3.88. The fourth-order valence-electron chi connectivity index (χ4n) is 0.852. The van der Waals surface area contributed by atoms with Gasteiger partial charge in [-0.15, -0.1) is 0 Å². The smallest absolute Gasteiger partial charge is 0.346 e. The maximum atomic E-state index is 10.4. The highest BCUT2D eigenvalue weighted by Gasteiger charge is 2.02. The molecular formula is C10H8N2O2. The van der Waals surface area contributed by atoms with Crippen LogP contribution in [0.4, 0.5) is 0 Å². The van der Waals surface area contributed by atoms with Crippen LogP contribution in [0.5, 0.6) is 0 Å². The average Bonchev–Trinajstić information content (AvgIpc) is 2.64. The summed E-state index contributed by atoms with van der Waals surface area (Å²) in [7, 11) is 0. The summed E-state index contributed by atoms with van der Waals surface area (Å²) in [6.45, 7) is 0. The molecule has 0 saturated carbocycles. The van der Waals surface area contributed by atoms with Crippen molar-refractivity contribution < 1.29 is 9.90 Å². The van der Waals surface area contributed by atoms with E-state index < -0.39 is 5.97 Å². The molecule has 1 heterocycles. The third-order valence-corrected chi connectivity index (χ3v) is 1.52. The predicted molar refractivity (Wildman–Crippen MR) is 51.2 cm³/mol. The predicted octanol–water partition coefficient (Wildman–Crippen LogP) is 1.56. The Balaban J connectivity index is 2.71. The lowest BCUT2D eigenvalue weighted by Gasteiger charge is -1.84. The molecule has 0 aromatic carbocycles. The summed E-state index contributed by atoms with van der Waals surface area (Å²) in [5.41, 5.74) is 0.640. The highest BCUT2D eigenvalue weighted by Crippen LogP contribution is 2.00. The van der Waals surface area contributed by atoms with Gasteiger partial charge in [-0.1, -0.05) is 12.2 Å². The summed E-state index contributed by atoms with van der Waals surface area (Å²) in [4.78, 5) is 13.2. The molecule has 4 nitrogen and oxygen atoms in total. The molecule has 0 unspecified atom stereocenters. The van der Waals surface area contributed by atoms with Crippen molar-refractivity contribution in [3.8, 4) is 6.07 Å². The van der Waals surface area contributed by atoms with E-state index >= 15 is 0 Å². The molecule has 70 valence electrons. The van der Waals surface area contributed by atoms with Crippen molar-refractivity contribution in [1.82, 2.24) is 4.98 Å². The molecule has 1 aromatic rings. The molecule has 0 bridgehead atoms. The number of aromatic nitrogens is 1. The number of carboxylic acid groups (broad SMARTS) is 1. The minimum Gasteiger partial charge on any atom is -0.477 e. The first kappa shape index (κ1) is 9.81. The summed E-state index contributed by atoms with van der Waals surface area (Å²) in [6, 6.07) is 3.41. The van der Waals surface area contributed by atoms with Gasteiger partial charge in [-0.2, -0.15) is 5.26 Å². The molecule has 0 fully saturated rings. The minimum atomic E-state index is -1.22. The van der Waals surface area contributed by atoms with Crippen molar-refractivity contribution in [1.29, 1.82) is 5.26 Å². The van der Waals surface area contributed by atoms with Gasteiger partial charge in [0.2, 0.25) is 0 Å². The minimum absolute atomic E-state index is 0.281. The van der Waals surface area contributed by atoms with Gasteiger partial charge in [-0.25, -0.2) is 4.79 Å². The topological polar surface area (TPSA) is 76.9 Å². The van der Waals surface area contributed by atoms with E-state index in [0.29, 0.717) is 0 Å². The Morgan fingerprint density at radius 1 is 1.64 bits per heavy atom. The number of nitrogens with one attached hydrogen (secondary N) is 1. The van der Waals surface area contributed by atoms with Crippen molar-refractivity contribution in [2.24, 2.45) is 0 Å². The molecule has 0 aliphatic heterocycles. The maximum absolute atomic E-state index is 10.4. The molecular weight excluding hydrogens is 180 g/mol. The lowest BCUT2D eigenvalue weighted by atomic mass is 10.2. The van der Waals surface area contributed by atoms with E-state index in [-0.39, 0.29) is 5.57 Å². The van der Waals surface area contributed by atoms with Crippen molar-refractivity contribution >= 4 is 12.0 Å². The summed E-state index contributed by atoms with van der Waals surface area (Å²) in [6.07, 6.45) is 8.00. The summed E-state index contributed by atoms with van der Waals surface area (Å²) < 4.78 is 0. The zero-order chi connectivity index (χ0) is 10.4. The van der Waals surface area contributed by atoms with Crippen LogP contribution in [0, 0.1) is 11.3 Å². The maximum Gasteiger partial charge on any atom is 0.346 e. The Kier molecular flexibility index (Phi) is 3.27. The van der Waals surface area contributed by atoms with Crippen molar-refractivity contribution in [3.05, 3.63) is 41.7 Å². The Morgan fingerprint density at radius 3 is 2.93 bits per heavy atom. The van der Waals surface area contributed by atoms with Gasteiger partial charge in [-0.3, -0.25) is 0 Å². The molecule has 0 amide bonds. The number of nitriles is 1. The van der Waals surface area contributed by atoms with Gasteiger partial charge in [0.1, 0.15) is 11.6 Å². The molecule has 1 rings (SSSR count). The molecule has 0 atom stereocenters. The summed E-state index contributed by atoms with van der Waals surface area (Å²) in [5, 5.41) is 16.9. The highest BCUT2D eigenvalue weighted by atomic mass is 16.4. The van der Waals surface area contributed by atoms with Crippen molar-refractivity contribution in [3.63, 3.8) is 0 Å². The van der Waals surface area contributed by atoms with Gasteiger partial charge in [0.15, 0.2) is 0 Å². The van der Waals surface area contributed by atoms with Crippen LogP contribution in [-0.2, 0) is 4.79 Å². The molecule has 0 aliphatic carbocycles. The third-order valence-electron chi connectivity index (χ3n) is 1.52. The molecule has 0 saturated heterocycles. The number of aliphatic carboxylic acids is 1. The second kappa shape index (κ2) is 4.67. The number of hydrogen-bond acceptors (Lipinski definition) is 2. The normalized spacial score (nSPS) is 11.5. The molecule has 1 aromatic heterocycles. The van der Waals surface area contributed by atoms with Crippen LogP contribution < -0.4 is 0 Å². The number of hydrogen-bond donors (Lipinski definition) is 2. The van der Waals surface area contributed by atoms with Crippen LogP contribution in [0.3, 0.4) is 0 Å². The van der Waals surface area contributed by atoms with Gasteiger partial charge < -0.3 is 10.1 Å². The Labute approximate surface area is 80.8 Å². The van der Waals surface area contributed by atoms with Crippen LogP contribution in [0.25, 0.3) is 6.08 Å². The number of carbonyl (C=O) groups is 1. The number of aromatic amines is 1. The second-order valence-corrected chi connectivity index (χ2v) is 2.50. The number of rotatable bonds is 3. The fourth-order valence-corrected chi connectivity index (χ4v) is 0.852. The zero-order valence-corrected chi connectivity index (χ0v) is 7.27. The first-order chi connectivity index (χ1) is 6.74. The van der Waals surface area contributed by atoms with E-state index in [0.717, 1.165) is 5.56 Å². The summed E-state index contributed by atoms with van der Waals surface area (Å²) in [5.74, 6) is -1.22. The van der Waals surface area contributed by atoms with E-state index in [9.17, 15) is 4.79 Å². The SMILES string of the molecule is N#CC(=CC=Cc1cc[nH]c1)C(=O)O. The molecule has 4 heteroatoms. The van der Waals surface area contributed by atoms with E-state index in [1.807, 2.05) is 6.07 Å². The third kappa shape index (κ3) is 2.64. The average molecular weight is 188 g/mol. The van der Waals surface area contributed by atoms with Crippen LogP contribution in [0.1, 0.15) is 5.56 Å². The van der Waals surface area contributed by atoms with Gasteiger partial charge in [0.25, 0.3) is 0 Å². The molecule has 14 heavy (non-hydrogen) atoms. The largest absolute Gasteiger partial charge is 0.477 e. The lowest BCUT2D eigenvalue weighted by molar-refractivity contribution is -0.132. The van der Waals surface area contributed by atoms with Gasteiger partial charge >= 0.3 is 5.97 Å². The van der Waals surface area contributed by atoms with Gasteiger partial charge in [-0.05, 0) is 17.7 Å².